The van der Waals surface area contributed by atoms with Crippen LogP contribution in [0.5, 0.6) is 0 Å². The summed E-state index contributed by atoms with van der Waals surface area (Å²) in [7, 11) is 2.02. The Morgan fingerprint density at radius 1 is 1.70 bits per heavy atom. The molecule has 0 heterocycles. The molecule has 3 atom stereocenters. The molecule has 0 radical (unpaired) electrons. The van der Waals surface area contributed by atoms with Crippen molar-refractivity contribution in [2.75, 3.05) is 7.05 Å². The predicted octanol–water partition coefficient (Wildman–Crippen LogP) is 1.81. The van der Waals surface area contributed by atoms with Gasteiger partial charge in [-0.1, -0.05) is 19.1 Å². The van der Waals surface area contributed by atoms with Crippen molar-refractivity contribution < 1.29 is 0 Å². The highest BCUT2D eigenvalue weighted by Gasteiger charge is 2.38. The van der Waals surface area contributed by atoms with Gasteiger partial charge in [0.15, 0.2) is 0 Å². The summed E-state index contributed by atoms with van der Waals surface area (Å²) < 4.78 is 0. The third-order valence-electron chi connectivity index (χ3n) is 2.44. The van der Waals surface area contributed by atoms with Crippen LogP contribution in [-0.4, -0.2) is 13.1 Å². The summed E-state index contributed by atoms with van der Waals surface area (Å²) in [6.45, 7) is 8.37. The van der Waals surface area contributed by atoms with Crippen molar-refractivity contribution in [3.8, 4) is 0 Å². The van der Waals surface area contributed by atoms with Crippen molar-refractivity contribution in [1.82, 2.24) is 5.32 Å². The summed E-state index contributed by atoms with van der Waals surface area (Å²) in [6.07, 6.45) is 1.37. The Labute approximate surface area is 63.5 Å². The van der Waals surface area contributed by atoms with Crippen LogP contribution in [0, 0.1) is 11.8 Å². The lowest BCUT2D eigenvalue weighted by atomic mass is 10.1. The van der Waals surface area contributed by atoms with E-state index in [2.05, 4.69) is 25.7 Å². The fourth-order valence-corrected chi connectivity index (χ4v) is 1.64. The largest absolute Gasteiger partial charge is 0.313 e. The summed E-state index contributed by atoms with van der Waals surface area (Å²) in [5.74, 6) is 1.77. The van der Waals surface area contributed by atoms with Crippen molar-refractivity contribution in [1.29, 1.82) is 0 Å². The second-order valence-electron chi connectivity index (χ2n) is 3.49. The van der Waals surface area contributed by atoms with E-state index in [9.17, 15) is 0 Å². The van der Waals surface area contributed by atoms with E-state index in [0.29, 0.717) is 6.04 Å². The molecule has 1 saturated carbocycles. The van der Waals surface area contributed by atoms with Gasteiger partial charge >= 0.3 is 0 Å². The molecule has 1 aliphatic rings. The average molecular weight is 139 g/mol. The highest BCUT2D eigenvalue weighted by atomic mass is 14.9. The first-order valence-corrected chi connectivity index (χ1v) is 3.99. The molecule has 3 unspecified atom stereocenters. The van der Waals surface area contributed by atoms with Gasteiger partial charge in [-0.2, -0.15) is 0 Å². The Kier molecular flexibility index (Phi) is 2.14. The molecule has 0 aromatic heterocycles. The number of hydrogen-bond donors (Lipinski definition) is 1. The number of nitrogens with one attached hydrogen (secondary N) is 1. The lowest BCUT2D eigenvalue weighted by Gasteiger charge is -2.14. The third kappa shape index (κ3) is 1.40. The van der Waals surface area contributed by atoms with Crippen molar-refractivity contribution in [3.05, 3.63) is 12.2 Å². The first-order chi connectivity index (χ1) is 4.66. The molecule has 58 valence electrons. The minimum atomic E-state index is 0.565. The molecule has 1 fully saturated rings. The fraction of sp³-hybridized carbons (Fsp3) is 0.778. The SMILES string of the molecule is C=C(C)C(NC)C1CC1C. The van der Waals surface area contributed by atoms with Crippen molar-refractivity contribution in [2.24, 2.45) is 11.8 Å². The van der Waals surface area contributed by atoms with Gasteiger partial charge in [0.2, 0.25) is 0 Å². The lowest BCUT2D eigenvalue weighted by molar-refractivity contribution is 0.543. The summed E-state index contributed by atoms with van der Waals surface area (Å²) in [4.78, 5) is 0. The molecule has 1 heteroatoms. The van der Waals surface area contributed by atoms with Crippen LogP contribution in [0.2, 0.25) is 0 Å². The van der Waals surface area contributed by atoms with E-state index in [1.165, 1.54) is 12.0 Å². The van der Waals surface area contributed by atoms with Crippen LogP contribution in [0.3, 0.4) is 0 Å². The monoisotopic (exact) mass is 139 g/mol. The summed E-state index contributed by atoms with van der Waals surface area (Å²) in [5, 5.41) is 3.29. The molecule has 0 aliphatic heterocycles. The molecule has 0 spiro atoms. The molecular formula is C9H17N. The van der Waals surface area contributed by atoms with E-state index < -0.39 is 0 Å². The van der Waals surface area contributed by atoms with E-state index in [0.717, 1.165) is 11.8 Å². The van der Waals surface area contributed by atoms with Crippen molar-refractivity contribution in [2.45, 2.75) is 26.3 Å². The van der Waals surface area contributed by atoms with Crippen LogP contribution in [0.25, 0.3) is 0 Å². The van der Waals surface area contributed by atoms with Crippen LogP contribution in [0.15, 0.2) is 12.2 Å². The molecule has 1 N–H and O–H groups in total. The van der Waals surface area contributed by atoms with E-state index in [-0.39, 0.29) is 0 Å². The average Bonchev–Trinajstić information content (AvgIpc) is 2.48. The minimum absolute atomic E-state index is 0.565. The maximum atomic E-state index is 3.96. The Morgan fingerprint density at radius 2 is 2.20 bits per heavy atom. The van der Waals surface area contributed by atoms with Gasteiger partial charge in [-0.3, -0.25) is 0 Å². The molecule has 0 aromatic carbocycles. The Bertz CT molecular complexity index is 140. The highest BCUT2D eigenvalue weighted by Crippen LogP contribution is 2.42. The highest BCUT2D eigenvalue weighted by molar-refractivity contribution is 5.09. The first kappa shape index (κ1) is 7.80. The normalized spacial score (nSPS) is 33.5. The van der Waals surface area contributed by atoms with Gasteiger partial charge in [0.25, 0.3) is 0 Å². The molecular weight excluding hydrogens is 122 g/mol. The fourth-order valence-electron chi connectivity index (χ4n) is 1.64. The molecule has 1 rings (SSSR count). The molecule has 0 aromatic rings. The zero-order valence-corrected chi connectivity index (χ0v) is 7.15. The molecule has 0 bridgehead atoms. The Morgan fingerprint density at radius 3 is 2.30 bits per heavy atom. The van der Waals surface area contributed by atoms with E-state index in [1.54, 1.807) is 0 Å². The zero-order chi connectivity index (χ0) is 7.72. The second-order valence-corrected chi connectivity index (χ2v) is 3.49. The van der Waals surface area contributed by atoms with Gasteiger partial charge in [-0.15, -0.1) is 0 Å². The van der Waals surface area contributed by atoms with Crippen LogP contribution >= 0.6 is 0 Å². The smallest absolute Gasteiger partial charge is 0.0302 e. The minimum Gasteiger partial charge on any atom is -0.313 e. The molecule has 1 nitrogen and oxygen atoms in total. The van der Waals surface area contributed by atoms with Crippen LogP contribution in [0.4, 0.5) is 0 Å². The van der Waals surface area contributed by atoms with E-state index in [4.69, 9.17) is 0 Å². The van der Waals surface area contributed by atoms with Crippen LogP contribution < -0.4 is 5.32 Å². The first-order valence-electron chi connectivity index (χ1n) is 3.99. The number of hydrogen-bond acceptors (Lipinski definition) is 1. The lowest BCUT2D eigenvalue weighted by Crippen LogP contribution is -2.28. The third-order valence-corrected chi connectivity index (χ3v) is 2.44. The van der Waals surface area contributed by atoms with Crippen molar-refractivity contribution in [3.63, 3.8) is 0 Å². The molecule has 1 aliphatic carbocycles. The van der Waals surface area contributed by atoms with E-state index >= 15 is 0 Å². The summed E-state index contributed by atoms with van der Waals surface area (Å²) in [6, 6.07) is 0.565. The quantitative estimate of drug-likeness (QED) is 0.588. The predicted molar refractivity (Wildman–Crippen MR) is 44.9 cm³/mol. The standard InChI is InChI=1S/C9H17N/c1-6(2)9(10-4)8-5-7(8)3/h7-10H,1,5H2,2-4H3. The summed E-state index contributed by atoms with van der Waals surface area (Å²) in [5.41, 5.74) is 1.27. The van der Waals surface area contributed by atoms with Gasteiger partial charge in [0.05, 0.1) is 0 Å². The zero-order valence-electron chi connectivity index (χ0n) is 7.15. The second kappa shape index (κ2) is 2.75. The van der Waals surface area contributed by atoms with Gasteiger partial charge in [-0.25, -0.2) is 0 Å². The van der Waals surface area contributed by atoms with Crippen molar-refractivity contribution >= 4 is 0 Å². The molecule has 10 heavy (non-hydrogen) atoms. The summed E-state index contributed by atoms with van der Waals surface area (Å²) >= 11 is 0. The van der Waals surface area contributed by atoms with Gasteiger partial charge in [0, 0.05) is 6.04 Å². The molecule has 0 amide bonds. The van der Waals surface area contributed by atoms with Crippen LogP contribution in [0.1, 0.15) is 20.3 Å². The molecule has 0 saturated heterocycles. The topological polar surface area (TPSA) is 12.0 Å². The number of likely N-dealkylation sites (N-methyl/N-ethyl adjacent to an activating group) is 1. The maximum Gasteiger partial charge on any atom is 0.0302 e. The maximum absolute atomic E-state index is 3.96. The van der Waals surface area contributed by atoms with Crippen LogP contribution in [-0.2, 0) is 0 Å². The van der Waals surface area contributed by atoms with Gasteiger partial charge in [0.1, 0.15) is 0 Å². The van der Waals surface area contributed by atoms with Gasteiger partial charge in [-0.05, 0) is 32.2 Å². The van der Waals surface area contributed by atoms with E-state index in [1.807, 2.05) is 7.05 Å². The Hall–Kier alpha value is -0.300. The van der Waals surface area contributed by atoms with Gasteiger partial charge < -0.3 is 5.32 Å². The Balaban J connectivity index is 2.42. The number of rotatable bonds is 3.